The van der Waals surface area contributed by atoms with Crippen LogP contribution < -0.4 is 4.74 Å². The third-order valence-corrected chi connectivity index (χ3v) is 3.53. The summed E-state index contributed by atoms with van der Waals surface area (Å²) in [5, 5.41) is 0. The highest BCUT2D eigenvalue weighted by Gasteiger charge is 2.06. The first-order valence-electron chi connectivity index (χ1n) is 7.29. The Morgan fingerprint density at radius 2 is 1.35 bits per heavy atom. The number of hydrogen-bond donors (Lipinski definition) is 0. The molecule has 3 rings (SSSR count). The van der Waals surface area contributed by atoms with Crippen LogP contribution in [-0.4, -0.2) is 5.71 Å². The number of nitrogens with zero attached hydrogens (tertiary/aromatic N) is 1. The summed E-state index contributed by atoms with van der Waals surface area (Å²) in [5.74, 6) is 1.71. The Morgan fingerprint density at radius 3 is 2.05 bits per heavy atom. The van der Waals surface area contributed by atoms with E-state index < -0.39 is 0 Å². The number of rotatable bonds is 3. The van der Waals surface area contributed by atoms with Crippen LogP contribution in [0.2, 0.25) is 0 Å². The summed E-state index contributed by atoms with van der Waals surface area (Å²) < 4.78 is 5.77. The molecule has 2 aromatic carbocycles. The lowest BCUT2D eigenvalue weighted by molar-refractivity contribution is 0.483. The van der Waals surface area contributed by atoms with E-state index in [1.165, 1.54) is 25.0 Å². The van der Waals surface area contributed by atoms with Gasteiger partial charge in [0.1, 0.15) is 11.5 Å². The molecule has 0 saturated heterocycles. The molecule has 0 amide bonds. The summed E-state index contributed by atoms with van der Waals surface area (Å²) >= 11 is 0. The summed E-state index contributed by atoms with van der Waals surface area (Å²) in [6.07, 6.45) is 6.23. The van der Waals surface area contributed by atoms with Crippen molar-refractivity contribution < 1.29 is 4.74 Å². The van der Waals surface area contributed by atoms with Crippen LogP contribution in [-0.2, 0) is 0 Å². The smallest absolute Gasteiger partial charge is 0.127 e. The first-order valence-corrected chi connectivity index (χ1v) is 7.29. The Morgan fingerprint density at radius 1 is 0.700 bits per heavy atom. The molecule has 1 fully saturated rings. The monoisotopic (exact) mass is 265 g/mol. The van der Waals surface area contributed by atoms with Crippen LogP contribution >= 0.6 is 0 Å². The molecule has 2 aromatic rings. The summed E-state index contributed by atoms with van der Waals surface area (Å²) in [6.45, 7) is 0. The van der Waals surface area contributed by atoms with Gasteiger partial charge in [0.25, 0.3) is 0 Å². The average Bonchev–Trinajstić information content (AvgIpc) is 2.51. The molecule has 1 aliphatic carbocycles. The highest BCUT2D eigenvalue weighted by molar-refractivity contribution is 5.87. The Bertz CT molecular complexity index is 564. The maximum absolute atomic E-state index is 5.77. The van der Waals surface area contributed by atoms with Gasteiger partial charge in [-0.15, -0.1) is 0 Å². The van der Waals surface area contributed by atoms with Crippen molar-refractivity contribution in [2.45, 2.75) is 32.1 Å². The average molecular weight is 265 g/mol. The van der Waals surface area contributed by atoms with E-state index in [2.05, 4.69) is 0 Å². The zero-order valence-electron chi connectivity index (χ0n) is 11.6. The van der Waals surface area contributed by atoms with Gasteiger partial charge in [-0.1, -0.05) is 24.6 Å². The highest BCUT2D eigenvalue weighted by Crippen LogP contribution is 2.25. The molecule has 0 bridgehead atoms. The van der Waals surface area contributed by atoms with Gasteiger partial charge in [0, 0.05) is 5.71 Å². The molecule has 0 heterocycles. The molecule has 20 heavy (non-hydrogen) atoms. The Balaban J connectivity index is 1.68. The topological polar surface area (TPSA) is 21.6 Å². The third-order valence-electron chi connectivity index (χ3n) is 3.53. The number of hydrogen-bond acceptors (Lipinski definition) is 2. The largest absolute Gasteiger partial charge is 0.457 e. The zero-order chi connectivity index (χ0) is 13.6. The van der Waals surface area contributed by atoms with Crippen LogP contribution in [0.5, 0.6) is 11.5 Å². The molecule has 0 atom stereocenters. The van der Waals surface area contributed by atoms with E-state index in [0.29, 0.717) is 0 Å². The van der Waals surface area contributed by atoms with Gasteiger partial charge in [-0.05, 0) is 62.1 Å². The van der Waals surface area contributed by atoms with Crippen LogP contribution in [0.3, 0.4) is 0 Å². The van der Waals surface area contributed by atoms with Crippen LogP contribution in [0.15, 0.2) is 59.6 Å². The minimum atomic E-state index is 0.851. The van der Waals surface area contributed by atoms with E-state index in [1.807, 2.05) is 54.6 Å². The second-order valence-electron chi connectivity index (χ2n) is 5.15. The second-order valence-corrected chi connectivity index (χ2v) is 5.15. The highest BCUT2D eigenvalue weighted by atomic mass is 16.5. The molecule has 1 saturated carbocycles. The normalized spacial score (nSPS) is 14.9. The maximum atomic E-state index is 5.77. The lowest BCUT2D eigenvalue weighted by atomic mass is 9.98. The van der Waals surface area contributed by atoms with Gasteiger partial charge in [0.15, 0.2) is 0 Å². The number of benzene rings is 2. The van der Waals surface area contributed by atoms with Gasteiger partial charge >= 0.3 is 0 Å². The van der Waals surface area contributed by atoms with Gasteiger partial charge < -0.3 is 4.74 Å². The number of para-hydroxylation sites is 1. The summed E-state index contributed by atoms with van der Waals surface area (Å²) in [6, 6.07) is 17.9. The fourth-order valence-corrected chi connectivity index (χ4v) is 2.47. The molecular formula is C18H19NO. The molecule has 0 radical (unpaired) electrons. The Hall–Kier alpha value is -2.09. The minimum absolute atomic E-state index is 0.851. The first-order chi connectivity index (χ1) is 9.90. The maximum Gasteiger partial charge on any atom is 0.127 e. The van der Waals surface area contributed by atoms with Crippen LogP contribution in [0, 0.1) is 0 Å². The third kappa shape index (κ3) is 3.47. The molecule has 0 aromatic heterocycles. The van der Waals surface area contributed by atoms with Crippen molar-refractivity contribution in [3.63, 3.8) is 0 Å². The van der Waals surface area contributed by atoms with Crippen molar-refractivity contribution in [2.24, 2.45) is 4.99 Å². The van der Waals surface area contributed by atoms with Crippen LogP contribution in [0.25, 0.3) is 0 Å². The minimum Gasteiger partial charge on any atom is -0.457 e. The van der Waals surface area contributed by atoms with Crippen molar-refractivity contribution >= 4 is 11.4 Å². The van der Waals surface area contributed by atoms with E-state index in [0.717, 1.165) is 30.0 Å². The number of aliphatic imine (C=N–C) groups is 1. The zero-order valence-corrected chi connectivity index (χ0v) is 11.6. The predicted molar refractivity (Wildman–Crippen MR) is 83.1 cm³/mol. The van der Waals surface area contributed by atoms with E-state index in [-0.39, 0.29) is 0 Å². The molecule has 1 aliphatic rings. The fourth-order valence-electron chi connectivity index (χ4n) is 2.47. The molecule has 102 valence electrons. The fraction of sp³-hybridized carbons (Fsp3) is 0.278. The summed E-state index contributed by atoms with van der Waals surface area (Å²) in [7, 11) is 0. The van der Waals surface area contributed by atoms with Crippen molar-refractivity contribution in [3.05, 3.63) is 54.6 Å². The summed E-state index contributed by atoms with van der Waals surface area (Å²) in [5.41, 5.74) is 2.37. The standard InChI is InChI=1S/C18H19NO/c1-3-7-15(8-4-1)19-16-11-13-18(14-12-16)20-17-9-5-2-6-10-17/h2,5-6,9-14H,1,3-4,7-8H2. The van der Waals surface area contributed by atoms with Crippen LogP contribution in [0.4, 0.5) is 5.69 Å². The first kappa shape index (κ1) is 12.9. The molecule has 0 spiro atoms. The van der Waals surface area contributed by atoms with Crippen molar-refractivity contribution in [2.75, 3.05) is 0 Å². The van der Waals surface area contributed by atoms with E-state index in [4.69, 9.17) is 9.73 Å². The quantitative estimate of drug-likeness (QED) is 0.716. The Labute approximate surface area is 120 Å². The molecule has 2 nitrogen and oxygen atoms in total. The van der Waals surface area contributed by atoms with Crippen molar-refractivity contribution in [1.82, 2.24) is 0 Å². The van der Waals surface area contributed by atoms with Crippen molar-refractivity contribution in [3.8, 4) is 11.5 Å². The van der Waals surface area contributed by atoms with Gasteiger partial charge in [-0.3, -0.25) is 4.99 Å². The molecule has 2 heteroatoms. The van der Waals surface area contributed by atoms with E-state index in [1.54, 1.807) is 0 Å². The van der Waals surface area contributed by atoms with Crippen molar-refractivity contribution in [1.29, 1.82) is 0 Å². The van der Waals surface area contributed by atoms with E-state index >= 15 is 0 Å². The number of ether oxygens (including phenoxy) is 1. The SMILES string of the molecule is c1ccc(Oc2ccc(N=C3CCCCC3)cc2)cc1. The lowest BCUT2D eigenvalue weighted by Gasteiger charge is -2.12. The molecule has 0 N–H and O–H groups in total. The summed E-state index contributed by atoms with van der Waals surface area (Å²) in [4.78, 5) is 4.73. The lowest BCUT2D eigenvalue weighted by Crippen LogP contribution is -2.03. The molecular weight excluding hydrogens is 246 g/mol. The Kier molecular flexibility index (Phi) is 4.12. The molecule has 0 unspecified atom stereocenters. The van der Waals surface area contributed by atoms with Gasteiger partial charge in [0.2, 0.25) is 0 Å². The van der Waals surface area contributed by atoms with Gasteiger partial charge in [-0.25, -0.2) is 0 Å². The molecule has 0 aliphatic heterocycles. The second kappa shape index (κ2) is 6.38. The predicted octanol–water partition coefficient (Wildman–Crippen LogP) is 5.52. The van der Waals surface area contributed by atoms with E-state index in [9.17, 15) is 0 Å². The van der Waals surface area contributed by atoms with Gasteiger partial charge in [0.05, 0.1) is 5.69 Å². The van der Waals surface area contributed by atoms with Crippen LogP contribution in [0.1, 0.15) is 32.1 Å². The van der Waals surface area contributed by atoms with Gasteiger partial charge in [-0.2, -0.15) is 0 Å².